The van der Waals surface area contributed by atoms with Gasteiger partial charge in [-0.25, -0.2) is 13.6 Å². The number of hydrogen-bond acceptors (Lipinski definition) is 4. The first-order valence-corrected chi connectivity index (χ1v) is 6.20. The van der Waals surface area contributed by atoms with Crippen LogP contribution in [0.25, 0.3) is 0 Å². The number of rotatable bonds is 4. The molecule has 0 amide bonds. The van der Waals surface area contributed by atoms with E-state index in [1.807, 2.05) is 0 Å². The van der Waals surface area contributed by atoms with Gasteiger partial charge in [0.25, 0.3) is 0 Å². The van der Waals surface area contributed by atoms with Gasteiger partial charge in [0.2, 0.25) is 0 Å². The lowest BCUT2D eigenvalue weighted by Gasteiger charge is -2.10. The van der Waals surface area contributed by atoms with Crippen molar-refractivity contribution in [3.63, 3.8) is 0 Å². The topological polar surface area (TPSA) is 61.5 Å². The molecule has 0 spiro atoms. The molecule has 6 heteroatoms. The largest absolute Gasteiger partial charge is 0.462 e. The number of anilines is 1. The van der Waals surface area contributed by atoms with Crippen LogP contribution in [0.2, 0.25) is 0 Å². The molecule has 2 N–H and O–H groups in total. The fourth-order valence-corrected chi connectivity index (χ4v) is 1.70. The minimum absolute atomic E-state index is 0.0249. The molecule has 0 saturated heterocycles. The summed E-state index contributed by atoms with van der Waals surface area (Å²) < 4.78 is 36.3. The van der Waals surface area contributed by atoms with E-state index in [1.54, 1.807) is 6.92 Å². The van der Waals surface area contributed by atoms with E-state index in [1.165, 1.54) is 18.2 Å². The number of esters is 1. The van der Waals surface area contributed by atoms with Gasteiger partial charge in [0, 0.05) is 18.2 Å². The number of ether oxygens (including phenoxy) is 2. The Morgan fingerprint density at radius 1 is 1.14 bits per heavy atom. The normalized spacial score (nSPS) is 10.2. The number of carbonyl (C=O) groups is 1. The second kappa shape index (κ2) is 6.21. The summed E-state index contributed by atoms with van der Waals surface area (Å²) in [5.74, 6) is -1.86. The minimum Gasteiger partial charge on any atom is -0.462 e. The van der Waals surface area contributed by atoms with Gasteiger partial charge in [-0.05, 0) is 25.1 Å². The van der Waals surface area contributed by atoms with Crippen LogP contribution in [-0.4, -0.2) is 12.6 Å². The summed E-state index contributed by atoms with van der Waals surface area (Å²) in [5, 5.41) is 0. The van der Waals surface area contributed by atoms with Crippen LogP contribution in [0, 0.1) is 11.6 Å². The molecule has 2 aromatic carbocycles. The Kier molecular flexibility index (Phi) is 4.37. The van der Waals surface area contributed by atoms with Gasteiger partial charge in [-0.2, -0.15) is 0 Å². The maximum absolute atomic E-state index is 13.1. The van der Waals surface area contributed by atoms with Gasteiger partial charge >= 0.3 is 5.97 Å². The first-order chi connectivity index (χ1) is 9.99. The van der Waals surface area contributed by atoms with Gasteiger partial charge in [0.05, 0.1) is 17.9 Å². The SMILES string of the molecule is CCOC(=O)c1ccc(Oc2cc(F)cc(F)c2)c(N)c1. The van der Waals surface area contributed by atoms with E-state index in [4.69, 9.17) is 15.2 Å². The Bertz CT molecular complexity index is 654. The van der Waals surface area contributed by atoms with Gasteiger partial charge in [0.1, 0.15) is 23.1 Å². The standard InChI is InChI=1S/C15H13F2NO3/c1-2-20-15(19)9-3-4-14(13(18)5-9)21-12-7-10(16)6-11(17)8-12/h3-8H,2,18H2,1H3. The van der Waals surface area contributed by atoms with Crippen molar-refractivity contribution < 1.29 is 23.0 Å². The summed E-state index contributed by atoms with van der Waals surface area (Å²) in [5.41, 5.74) is 6.19. The number of carbonyl (C=O) groups excluding carboxylic acids is 1. The lowest BCUT2D eigenvalue weighted by Crippen LogP contribution is -2.05. The quantitative estimate of drug-likeness (QED) is 0.692. The highest BCUT2D eigenvalue weighted by Crippen LogP contribution is 2.29. The molecule has 0 aliphatic rings. The van der Waals surface area contributed by atoms with Gasteiger partial charge < -0.3 is 15.2 Å². The zero-order chi connectivity index (χ0) is 15.4. The third-order valence-electron chi connectivity index (χ3n) is 2.58. The first kappa shape index (κ1) is 14.8. The Hall–Kier alpha value is -2.63. The van der Waals surface area contributed by atoms with Crippen LogP contribution >= 0.6 is 0 Å². The summed E-state index contributed by atoms with van der Waals surface area (Å²) in [7, 11) is 0. The minimum atomic E-state index is -0.758. The lowest BCUT2D eigenvalue weighted by molar-refractivity contribution is 0.0526. The van der Waals surface area contributed by atoms with Crippen molar-refractivity contribution in [3.8, 4) is 11.5 Å². The van der Waals surface area contributed by atoms with Crippen molar-refractivity contribution in [3.05, 3.63) is 53.6 Å². The van der Waals surface area contributed by atoms with Gasteiger partial charge in [-0.3, -0.25) is 0 Å². The molecule has 0 aromatic heterocycles. The molecule has 4 nitrogen and oxygen atoms in total. The lowest BCUT2D eigenvalue weighted by atomic mass is 10.2. The van der Waals surface area contributed by atoms with E-state index < -0.39 is 17.6 Å². The van der Waals surface area contributed by atoms with Crippen molar-refractivity contribution in [2.24, 2.45) is 0 Å². The maximum atomic E-state index is 13.1. The highest BCUT2D eigenvalue weighted by atomic mass is 19.1. The van der Waals surface area contributed by atoms with Gasteiger partial charge in [-0.1, -0.05) is 0 Å². The van der Waals surface area contributed by atoms with Crippen molar-refractivity contribution >= 4 is 11.7 Å². The third-order valence-corrected chi connectivity index (χ3v) is 2.58. The molecular weight excluding hydrogens is 280 g/mol. The number of nitrogen functional groups attached to an aromatic ring is 1. The second-order valence-electron chi connectivity index (χ2n) is 4.18. The van der Waals surface area contributed by atoms with Crippen molar-refractivity contribution in [1.29, 1.82) is 0 Å². The van der Waals surface area contributed by atoms with Gasteiger partial charge in [-0.15, -0.1) is 0 Å². The predicted octanol–water partition coefficient (Wildman–Crippen LogP) is 3.52. The summed E-state index contributed by atoms with van der Waals surface area (Å²) in [6.07, 6.45) is 0. The average Bonchev–Trinajstić information content (AvgIpc) is 2.40. The molecule has 110 valence electrons. The molecule has 2 rings (SSSR count). The summed E-state index contributed by atoms with van der Waals surface area (Å²) >= 11 is 0. The van der Waals surface area contributed by atoms with E-state index >= 15 is 0 Å². The average molecular weight is 293 g/mol. The zero-order valence-electron chi connectivity index (χ0n) is 11.2. The Labute approximate surface area is 120 Å². The predicted molar refractivity (Wildman–Crippen MR) is 73.2 cm³/mol. The van der Waals surface area contributed by atoms with Crippen LogP contribution in [0.1, 0.15) is 17.3 Å². The highest BCUT2D eigenvalue weighted by molar-refractivity contribution is 5.91. The molecule has 0 heterocycles. The molecule has 0 atom stereocenters. The smallest absolute Gasteiger partial charge is 0.338 e. The molecule has 21 heavy (non-hydrogen) atoms. The molecule has 0 fully saturated rings. The van der Waals surface area contributed by atoms with Crippen LogP contribution in [0.3, 0.4) is 0 Å². The number of benzene rings is 2. The number of halogens is 2. The molecule has 0 bridgehead atoms. The van der Waals surface area contributed by atoms with E-state index in [0.29, 0.717) is 0 Å². The van der Waals surface area contributed by atoms with Crippen LogP contribution in [0.5, 0.6) is 11.5 Å². The van der Waals surface area contributed by atoms with Crippen LogP contribution in [0.4, 0.5) is 14.5 Å². The molecule has 0 aliphatic carbocycles. The van der Waals surface area contributed by atoms with Crippen LogP contribution in [-0.2, 0) is 4.74 Å². The van der Waals surface area contributed by atoms with E-state index in [0.717, 1.165) is 18.2 Å². The maximum Gasteiger partial charge on any atom is 0.338 e. The molecular formula is C15H13F2NO3. The Balaban J connectivity index is 2.23. The van der Waals surface area contributed by atoms with E-state index in [2.05, 4.69) is 0 Å². The summed E-state index contributed by atoms with van der Waals surface area (Å²) in [6, 6.07) is 7.07. The number of hydrogen-bond donors (Lipinski definition) is 1. The highest BCUT2D eigenvalue weighted by Gasteiger charge is 2.11. The summed E-state index contributed by atoms with van der Waals surface area (Å²) in [6.45, 7) is 1.94. The first-order valence-electron chi connectivity index (χ1n) is 6.20. The molecule has 0 aliphatic heterocycles. The second-order valence-corrected chi connectivity index (χ2v) is 4.18. The summed E-state index contributed by atoms with van der Waals surface area (Å²) in [4.78, 5) is 11.5. The molecule has 0 unspecified atom stereocenters. The Morgan fingerprint density at radius 3 is 2.38 bits per heavy atom. The molecule has 0 saturated carbocycles. The van der Waals surface area contributed by atoms with Crippen LogP contribution in [0.15, 0.2) is 36.4 Å². The fraction of sp³-hybridized carbons (Fsp3) is 0.133. The van der Waals surface area contributed by atoms with Crippen molar-refractivity contribution in [2.45, 2.75) is 6.92 Å². The van der Waals surface area contributed by atoms with Crippen molar-refractivity contribution in [1.82, 2.24) is 0 Å². The number of nitrogens with two attached hydrogens (primary N) is 1. The van der Waals surface area contributed by atoms with Crippen molar-refractivity contribution in [2.75, 3.05) is 12.3 Å². The monoisotopic (exact) mass is 293 g/mol. The molecule has 2 aromatic rings. The molecule has 0 radical (unpaired) electrons. The third kappa shape index (κ3) is 3.68. The van der Waals surface area contributed by atoms with E-state index in [-0.39, 0.29) is 29.4 Å². The van der Waals surface area contributed by atoms with Crippen LogP contribution < -0.4 is 10.5 Å². The zero-order valence-corrected chi connectivity index (χ0v) is 11.2. The van der Waals surface area contributed by atoms with Gasteiger partial charge in [0.15, 0.2) is 0 Å². The Morgan fingerprint density at radius 2 is 1.81 bits per heavy atom. The fourth-order valence-electron chi connectivity index (χ4n) is 1.70. The van der Waals surface area contributed by atoms with E-state index in [9.17, 15) is 13.6 Å².